The third-order valence-electron chi connectivity index (χ3n) is 7.83. The van der Waals surface area contributed by atoms with E-state index in [2.05, 4.69) is 21.3 Å². The molecule has 0 radical (unpaired) electrons. The summed E-state index contributed by atoms with van der Waals surface area (Å²) in [7, 11) is 0. The van der Waals surface area contributed by atoms with Crippen molar-refractivity contribution in [2.75, 3.05) is 0 Å². The number of nitrogens with one attached hydrogen (secondary N) is 4. The summed E-state index contributed by atoms with van der Waals surface area (Å²) in [6, 6.07) is 30.0. The molecule has 5 rings (SSSR count). The Hall–Kier alpha value is -5.44. The molecule has 0 aromatic heterocycles. The number of carbonyl (C=O) groups excluding carboxylic acids is 4. The first-order valence-electron chi connectivity index (χ1n) is 15.9. The normalized spacial score (nSPS) is 18.3. The average Bonchev–Trinajstić information content (AvgIpc) is 3.06. The Balaban J connectivity index is 1.51. The van der Waals surface area contributed by atoms with Crippen LogP contribution in [-0.2, 0) is 33.6 Å². The third-order valence-corrected chi connectivity index (χ3v) is 7.83. The Morgan fingerprint density at radius 2 is 1.38 bits per heavy atom. The first-order valence-corrected chi connectivity index (χ1v) is 15.9. The van der Waals surface area contributed by atoms with Crippen LogP contribution in [0.1, 0.15) is 47.3 Å². The number of hydrogen-bond acceptors (Lipinski definition) is 5. The lowest BCUT2D eigenvalue weighted by Crippen LogP contribution is -2.58. The number of amides is 4. The zero-order valence-electron chi connectivity index (χ0n) is 26.6. The fourth-order valence-corrected chi connectivity index (χ4v) is 5.48. The van der Waals surface area contributed by atoms with Crippen molar-refractivity contribution >= 4 is 23.6 Å². The smallest absolute Gasteiger partial charge is 0.251 e. The van der Waals surface area contributed by atoms with Crippen LogP contribution in [0, 0.1) is 0 Å². The van der Waals surface area contributed by atoms with Crippen molar-refractivity contribution in [3.8, 4) is 11.5 Å². The van der Waals surface area contributed by atoms with Gasteiger partial charge in [0, 0.05) is 24.4 Å². The minimum atomic E-state index is -1.01. The van der Waals surface area contributed by atoms with Gasteiger partial charge in [0.25, 0.3) is 5.91 Å². The Morgan fingerprint density at radius 3 is 2.02 bits per heavy atom. The second kappa shape index (κ2) is 15.7. The molecular weight excluding hydrogens is 592 g/mol. The van der Waals surface area contributed by atoms with Crippen LogP contribution in [0.5, 0.6) is 11.5 Å². The van der Waals surface area contributed by atoms with Crippen LogP contribution < -0.4 is 26.0 Å². The highest BCUT2D eigenvalue weighted by Crippen LogP contribution is 2.25. The van der Waals surface area contributed by atoms with Crippen molar-refractivity contribution in [1.82, 2.24) is 21.3 Å². The summed E-state index contributed by atoms with van der Waals surface area (Å²) in [5.41, 5.74) is 2.96. The lowest BCUT2D eigenvalue weighted by molar-refractivity contribution is -0.132. The van der Waals surface area contributed by atoms with Crippen molar-refractivity contribution in [2.45, 2.75) is 63.7 Å². The SMILES string of the molecule is CC(C)NC(=O)[C@@H]1Cc2cccc(c2)Oc2cccc(c2)C[C@H](NC(=O)c2ccccc2)C(=O)N[C@@H](CCc2ccccc2)C(=O)N1. The molecule has 0 spiro atoms. The van der Waals surface area contributed by atoms with E-state index in [-0.39, 0.29) is 31.2 Å². The topological polar surface area (TPSA) is 126 Å². The minimum Gasteiger partial charge on any atom is -0.457 e. The van der Waals surface area contributed by atoms with Gasteiger partial charge < -0.3 is 26.0 Å². The predicted octanol–water partition coefficient (Wildman–Crippen LogP) is 4.50. The molecule has 47 heavy (non-hydrogen) atoms. The zero-order valence-corrected chi connectivity index (χ0v) is 26.6. The van der Waals surface area contributed by atoms with Crippen LogP contribution in [-0.4, -0.2) is 47.8 Å². The summed E-state index contributed by atoms with van der Waals surface area (Å²) < 4.78 is 6.17. The first-order chi connectivity index (χ1) is 22.7. The molecule has 1 aliphatic heterocycles. The highest BCUT2D eigenvalue weighted by molar-refractivity contribution is 5.99. The van der Waals surface area contributed by atoms with Crippen molar-refractivity contribution < 1.29 is 23.9 Å². The summed E-state index contributed by atoms with van der Waals surface area (Å²) in [4.78, 5) is 54.6. The quantitative estimate of drug-likeness (QED) is 0.239. The predicted molar refractivity (Wildman–Crippen MR) is 180 cm³/mol. The molecule has 0 fully saturated rings. The van der Waals surface area contributed by atoms with E-state index in [1.807, 2.05) is 98.8 Å². The summed E-state index contributed by atoms with van der Waals surface area (Å²) >= 11 is 0. The Kier molecular flexibility index (Phi) is 11.0. The van der Waals surface area contributed by atoms with Gasteiger partial charge in [-0.1, -0.05) is 72.8 Å². The van der Waals surface area contributed by atoms with Gasteiger partial charge in [0.15, 0.2) is 0 Å². The van der Waals surface area contributed by atoms with Crippen LogP contribution in [0.3, 0.4) is 0 Å². The highest BCUT2D eigenvalue weighted by Gasteiger charge is 2.30. The molecule has 4 bridgehead atoms. The molecule has 4 N–H and O–H groups in total. The molecular formula is C38H40N4O5. The van der Waals surface area contributed by atoms with E-state index in [0.717, 1.165) is 16.7 Å². The third kappa shape index (κ3) is 9.53. The maximum atomic E-state index is 14.0. The lowest BCUT2D eigenvalue weighted by atomic mass is 10.00. The molecule has 9 nitrogen and oxygen atoms in total. The molecule has 0 saturated carbocycles. The molecule has 1 heterocycles. The first kappa shape index (κ1) is 32.9. The summed E-state index contributed by atoms with van der Waals surface area (Å²) in [6.45, 7) is 3.70. The van der Waals surface area contributed by atoms with Gasteiger partial charge in [0.2, 0.25) is 17.7 Å². The molecule has 0 saturated heterocycles. The molecule has 4 amide bonds. The van der Waals surface area contributed by atoms with E-state index < -0.39 is 35.8 Å². The van der Waals surface area contributed by atoms with Crippen molar-refractivity contribution in [3.05, 3.63) is 131 Å². The van der Waals surface area contributed by atoms with E-state index in [4.69, 9.17) is 4.74 Å². The van der Waals surface area contributed by atoms with Gasteiger partial charge in [-0.3, -0.25) is 19.2 Å². The van der Waals surface area contributed by atoms with Crippen molar-refractivity contribution in [2.24, 2.45) is 0 Å². The fourth-order valence-electron chi connectivity index (χ4n) is 5.48. The van der Waals surface area contributed by atoms with Crippen molar-refractivity contribution in [3.63, 3.8) is 0 Å². The second-order valence-electron chi connectivity index (χ2n) is 12.0. The average molecular weight is 633 g/mol. The van der Waals surface area contributed by atoms with E-state index in [0.29, 0.717) is 23.5 Å². The van der Waals surface area contributed by atoms with Crippen molar-refractivity contribution in [1.29, 1.82) is 0 Å². The number of fused-ring (bicyclic) bond motifs is 4. The van der Waals surface area contributed by atoms with Crippen LogP contribution in [0.4, 0.5) is 0 Å². The van der Waals surface area contributed by atoms with Gasteiger partial charge in [-0.2, -0.15) is 0 Å². The minimum absolute atomic E-state index is 0.147. The molecule has 9 heteroatoms. The number of hydrogen-bond donors (Lipinski definition) is 4. The largest absolute Gasteiger partial charge is 0.457 e. The number of aryl methyl sites for hydroxylation is 1. The van der Waals surface area contributed by atoms with Gasteiger partial charge in [0.05, 0.1) is 0 Å². The Labute approximate surface area is 275 Å². The summed E-state index contributed by atoms with van der Waals surface area (Å²) in [6.07, 6.45) is 1.13. The maximum absolute atomic E-state index is 14.0. The Morgan fingerprint density at radius 1 is 0.766 bits per heavy atom. The van der Waals surface area contributed by atoms with Crippen LogP contribution in [0.25, 0.3) is 0 Å². The molecule has 1 aliphatic rings. The summed E-state index contributed by atoms with van der Waals surface area (Å²) in [5, 5.41) is 11.6. The monoisotopic (exact) mass is 632 g/mol. The van der Waals surface area contributed by atoms with Crippen LogP contribution in [0.2, 0.25) is 0 Å². The van der Waals surface area contributed by atoms with Gasteiger partial charge in [-0.15, -0.1) is 0 Å². The van der Waals surface area contributed by atoms with Crippen LogP contribution >= 0.6 is 0 Å². The molecule has 4 aromatic carbocycles. The molecule has 242 valence electrons. The maximum Gasteiger partial charge on any atom is 0.251 e. The molecule has 0 aliphatic carbocycles. The zero-order chi connectivity index (χ0) is 33.2. The van der Waals surface area contributed by atoms with Gasteiger partial charge in [-0.25, -0.2) is 0 Å². The second-order valence-corrected chi connectivity index (χ2v) is 12.0. The number of ether oxygens (including phenoxy) is 1. The van der Waals surface area contributed by atoms with Gasteiger partial charge in [-0.05, 0) is 79.8 Å². The fraction of sp³-hybridized carbons (Fsp3) is 0.263. The highest BCUT2D eigenvalue weighted by atomic mass is 16.5. The standard InChI is InChI=1S/C38H40N4O5/c1-25(2)39-37(45)33-23-27-13-9-17-30(21-27)47-31-18-10-14-28(22-31)24-34(41-35(43)29-15-7-4-8-16-29)38(46)40-32(36(44)42-33)20-19-26-11-5-3-6-12-26/h3-18,21-22,25,32-34H,19-20,23-24H2,1-2H3,(H,39,45)(H,40,46)(H,41,43)(H,42,44)/t32-,33-,34-/m0/s1. The van der Waals surface area contributed by atoms with E-state index >= 15 is 0 Å². The van der Waals surface area contributed by atoms with Gasteiger partial charge in [0.1, 0.15) is 29.6 Å². The summed E-state index contributed by atoms with van der Waals surface area (Å²) in [5.74, 6) is -0.645. The van der Waals surface area contributed by atoms with E-state index in [1.165, 1.54) is 0 Å². The Bertz CT molecular complexity index is 1690. The van der Waals surface area contributed by atoms with Crippen LogP contribution in [0.15, 0.2) is 109 Å². The van der Waals surface area contributed by atoms with E-state index in [1.54, 1.807) is 24.3 Å². The molecule has 3 atom stereocenters. The number of rotatable bonds is 7. The number of carbonyl (C=O) groups is 4. The van der Waals surface area contributed by atoms with Gasteiger partial charge >= 0.3 is 0 Å². The number of benzene rings is 4. The molecule has 0 unspecified atom stereocenters. The molecule has 4 aromatic rings. The lowest BCUT2D eigenvalue weighted by Gasteiger charge is -2.26. The van der Waals surface area contributed by atoms with E-state index in [9.17, 15) is 19.2 Å².